The lowest BCUT2D eigenvalue weighted by atomic mass is 9.90. The van der Waals surface area contributed by atoms with E-state index in [9.17, 15) is 19.2 Å². The highest BCUT2D eigenvalue weighted by atomic mass is 16.2. The molecule has 0 radical (unpaired) electrons. The Hall–Kier alpha value is -4.72. The molecule has 1 aliphatic rings. The molecule has 0 bridgehead atoms. The number of amides is 5. The van der Waals surface area contributed by atoms with Crippen molar-refractivity contribution in [1.29, 1.82) is 0 Å². The topological polar surface area (TPSA) is 108 Å². The van der Waals surface area contributed by atoms with E-state index >= 15 is 0 Å². The summed E-state index contributed by atoms with van der Waals surface area (Å²) in [7, 11) is 0. The summed E-state index contributed by atoms with van der Waals surface area (Å²) in [5.74, 6) is -1.65. The van der Waals surface area contributed by atoms with E-state index in [2.05, 4.69) is 16.2 Å². The Morgan fingerprint density at radius 1 is 0.806 bits per heavy atom. The number of imide groups is 1. The highest BCUT2D eigenvalue weighted by molar-refractivity contribution is 6.09. The number of fused-ring (bicyclic) bond motifs is 2. The summed E-state index contributed by atoms with van der Waals surface area (Å²) in [6, 6.07) is 26.0. The fraction of sp³-hybridized carbons (Fsp3) is 0.143. The lowest BCUT2D eigenvalue weighted by Gasteiger charge is -2.22. The van der Waals surface area contributed by atoms with E-state index in [1.54, 1.807) is 13.0 Å². The average Bonchev–Trinajstić information content (AvgIpc) is 3.11. The number of rotatable bonds is 5. The molecule has 0 aliphatic carbocycles. The predicted molar refractivity (Wildman–Crippen MR) is 135 cm³/mol. The van der Waals surface area contributed by atoms with Gasteiger partial charge in [-0.3, -0.25) is 30.1 Å². The number of hydrazine groups is 1. The normalized spacial score (nSPS) is 17.3. The van der Waals surface area contributed by atoms with E-state index in [0.717, 1.165) is 32.0 Å². The molecule has 4 aromatic carbocycles. The Morgan fingerprint density at radius 3 is 2.28 bits per heavy atom. The van der Waals surface area contributed by atoms with E-state index < -0.39 is 35.8 Å². The maximum atomic E-state index is 13.2. The highest BCUT2D eigenvalue weighted by Gasteiger charge is 2.49. The molecule has 1 heterocycles. The molecular formula is C28H24N4O4. The summed E-state index contributed by atoms with van der Waals surface area (Å²) < 4.78 is 0. The summed E-state index contributed by atoms with van der Waals surface area (Å²) in [6.45, 7) is 1.09. The first-order valence-corrected chi connectivity index (χ1v) is 11.5. The largest absolute Gasteiger partial charge is 0.325 e. The SMILES string of the molecule is CC1(c2ccc3ccccc3c2)NC(=O)N(CC(=O)NNC(=O)Cc2cccc3ccccc23)C1=O. The van der Waals surface area contributed by atoms with Crippen LogP contribution in [0.25, 0.3) is 21.5 Å². The van der Waals surface area contributed by atoms with Gasteiger partial charge < -0.3 is 5.32 Å². The molecule has 36 heavy (non-hydrogen) atoms. The molecule has 5 rings (SSSR count). The first-order chi connectivity index (χ1) is 17.3. The van der Waals surface area contributed by atoms with Crippen molar-refractivity contribution in [3.63, 3.8) is 0 Å². The molecule has 1 saturated heterocycles. The second-order valence-electron chi connectivity index (χ2n) is 8.92. The molecule has 8 heteroatoms. The number of urea groups is 1. The Labute approximate surface area is 207 Å². The van der Waals surface area contributed by atoms with Crippen molar-refractivity contribution >= 4 is 45.3 Å². The van der Waals surface area contributed by atoms with Crippen molar-refractivity contribution < 1.29 is 19.2 Å². The molecule has 180 valence electrons. The van der Waals surface area contributed by atoms with Crippen LogP contribution in [0.15, 0.2) is 84.9 Å². The third-order valence-corrected chi connectivity index (χ3v) is 6.48. The molecule has 5 amide bonds. The lowest BCUT2D eigenvalue weighted by molar-refractivity contribution is -0.135. The lowest BCUT2D eigenvalue weighted by Crippen LogP contribution is -2.48. The van der Waals surface area contributed by atoms with Gasteiger partial charge in [0, 0.05) is 0 Å². The Bertz CT molecular complexity index is 1530. The van der Waals surface area contributed by atoms with Crippen LogP contribution in [-0.2, 0) is 26.3 Å². The van der Waals surface area contributed by atoms with E-state index in [1.165, 1.54) is 0 Å². The monoisotopic (exact) mass is 480 g/mol. The minimum atomic E-state index is -1.31. The van der Waals surface area contributed by atoms with Crippen LogP contribution in [0.1, 0.15) is 18.1 Å². The van der Waals surface area contributed by atoms with Gasteiger partial charge in [0.25, 0.3) is 11.8 Å². The van der Waals surface area contributed by atoms with Gasteiger partial charge in [-0.1, -0.05) is 78.9 Å². The van der Waals surface area contributed by atoms with Gasteiger partial charge in [0.05, 0.1) is 6.42 Å². The number of carbonyl (C=O) groups excluding carboxylic acids is 4. The highest BCUT2D eigenvalue weighted by Crippen LogP contribution is 2.31. The van der Waals surface area contributed by atoms with Crippen molar-refractivity contribution in [3.05, 3.63) is 96.1 Å². The molecule has 4 aromatic rings. The maximum Gasteiger partial charge on any atom is 0.325 e. The van der Waals surface area contributed by atoms with Crippen LogP contribution in [0.5, 0.6) is 0 Å². The maximum absolute atomic E-state index is 13.2. The average molecular weight is 481 g/mol. The molecule has 0 aromatic heterocycles. The summed E-state index contributed by atoms with van der Waals surface area (Å²) in [6.07, 6.45) is 0.0603. The smallest absolute Gasteiger partial charge is 0.319 e. The van der Waals surface area contributed by atoms with Crippen molar-refractivity contribution in [3.8, 4) is 0 Å². The van der Waals surface area contributed by atoms with Gasteiger partial charge in [0.15, 0.2) is 0 Å². The van der Waals surface area contributed by atoms with Gasteiger partial charge in [-0.25, -0.2) is 4.79 Å². The number of hydrogen-bond acceptors (Lipinski definition) is 4. The van der Waals surface area contributed by atoms with Crippen LogP contribution in [0.3, 0.4) is 0 Å². The summed E-state index contributed by atoms with van der Waals surface area (Å²) in [5, 5.41) is 6.61. The van der Waals surface area contributed by atoms with Crippen molar-refractivity contribution in [2.75, 3.05) is 6.54 Å². The first-order valence-electron chi connectivity index (χ1n) is 11.5. The van der Waals surface area contributed by atoms with Gasteiger partial charge in [-0.05, 0) is 45.7 Å². The van der Waals surface area contributed by atoms with Crippen LogP contribution in [0.2, 0.25) is 0 Å². The number of hydrogen-bond donors (Lipinski definition) is 3. The van der Waals surface area contributed by atoms with Gasteiger partial charge >= 0.3 is 6.03 Å². The van der Waals surface area contributed by atoms with Crippen LogP contribution in [0.4, 0.5) is 4.79 Å². The molecule has 1 unspecified atom stereocenters. The van der Waals surface area contributed by atoms with Crippen LogP contribution in [-0.4, -0.2) is 35.2 Å². The van der Waals surface area contributed by atoms with Crippen LogP contribution < -0.4 is 16.2 Å². The Balaban J connectivity index is 1.22. The van der Waals surface area contributed by atoms with Crippen LogP contribution in [0, 0.1) is 0 Å². The predicted octanol–water partition coefficient (Wildman–Crippen LogP) is 3.15. The zero-order valence-corrected chi connectivity index (χ0v) is 19.6. The summed E-state index contributed by atoms with van der Waals surface area (Å²) in [5.41, 5.74) is 4.79. The first kappa shape index (κ1) is 23.0. The molecule has 1 fully saturated rings. The quantitative estimate of drug-likeness (QED) is 0.301. The van der Waals surface area contributed by atoms with Crippen molar-refractivity contribution in [2.24, 2.45) is 0 Å². The third-order valence-electron chi connectivity index (χ3n) is 6.48. The standard InChI is InChI=1S/C28H24N4O4/c1-28(22-14-13-18-7-2-3-9-20(18)15-22)26(35)32(27(36)29-28)17-25(34)31-30-24(33)16-21-11-6-10-19-8-4-5-12-23(19)21/h2-15H,16-17H2,1H3,(H,29,36)(H,30,33)(H,31,34). The van der Waals surface area contributed by atoms with Crippen molar-refractivity contribution in [1.82, 2.24) is 21.1 Å². The fourth-order valence-electron chi connectivity index (χ4n) is 4.52. The van der Waals surface area contributed by atoms with Gasteiger partial charge in [0.2, 0.25) is 5.91 Å². The van der Waals surface area contributed by atoms with E-state index in [4.69, 9.17) is 0 Å². The van der Waals surface area contributed by atoms with E-state index in [-0.39, 0.29) is 6.42 Å². The molecule has 1 atom stereocenters. The molecular weight excluding hydrogens is 456 g/mol. The van der Waals surface area contributed by atoms with E-state index in [1.807, 2.05) is 78.9 Å². The molecule has 8 nitrogen and oxygen atoms in total. The van der Waals surface area contributed by atoms with Gasteiger partial charge in [0.1, 0.15) is 12.1 Å². The fourth-order valence-corrected chi connectivity index (χ4v) is 4.52. The zero-order chi connectivity index (χ0) is 25.3. The number of benzene rings is 4. The second-order valence-corrected chi connectivity index (χ2v) is 8.92. The van der Waals surface area contributed by atoms with Crippen molar-refractivity contribution in [2.45, 2.75) is 18.9 Å². The minimum Gasteiger partial charge on any atom is -0.319 e. The third kappa shape index (κ3) is 4.24. The van der Waals surface area contributed by atoms with E-state index in [0.29, 0.717) is 5.56 Å². The number of nitrogens with zero attached hydrogens (tertiary/aromatic N) is 1. The molecule has 3 N–H and O–H groups in total. The molecule has 0 saturated carbocycles. The molecule has 1 aliphatic heterocycles. The van der Waals surface area contributed by atoms with Gasteiger partial charge in [-0.15, -0.1) is 0 Å². The minimum absolute atomic E-state index is 0.0603. The second kappa shape index (κ2) is 9.14. The molecule has 0 spiro atoms. The Kier molecular flexibility index (Phi) is 5.85. The number of nitrogens with one attached hydrogen (secondary N) is 3. The summed E-state index contributed by atoms with van der Waals surface area (Å²) in [4.78, 5) is 51.6. The Morgan fingerprint density at radius 2 is 1.47 bits per heavy atom. The number of carbonyl (C=O) groups is 4. The zero-order valence-electron chi connectivity index (χ0n) is 19.6. The van der Waals surface area contributed by atoms with Gasteiger partial charge in [-0.2, -0.15) is 0 Å². The summed E-state index contributed by atoms with van der Waals surface area (Å²) >= 11 is 0. The van der Waals surface area contributed by atoms with Crippen LogP contribution >= 0.6 is 0 Å².